The van der Waals surface area contributed by atoms with Gasteiger partial charge >= 0.3 is 0 Å². The van der Waals surface area contributed by atoms with Crippen molar-refractivity contribution in [3.8, 4) is 0 Å². The summed E-state index contributed by atoms with van der Waals surface area (Å²) in [6.07, 6.45) is 1.62. The van der Waals surface area contributed by atoms with Gasteiger partial charge in [0.05, 0.1) is 19.4 Å². The number of aromatic nitrogens is 1. The smallest absolute Gasteiger partial charge is 0.133 e. The van der Waals surface area contributed by atoms with Crippen molar-refractivity contribution in [2.24, 2.45) is 0 Å². The molecule has 0 atom stereocenters. The highest BCUT2D eigenvalue weighted by Gasteiger charge is 1.92. The van der Waals surface area contributed by atoms with Crippen LogP contribution >= 0.6 is 0 Å². The zero-order valence-electron chi connectivity index (χ0n) is 7.25. The summed E-state index contributed by atoms with van der Waals surface area (Å²) in [4.78, 5) is 0. The van der Waals surface area contributed by atoms with E-state index < -0.39 is 0 Å². The van der Waals surface area contributed by atoms with Crippen molar-refractivity contribution in [2.45, 2.75) is 6.92 Å². The molecular weight excluding hydrogens is 156 g/mol. The highest BCUT2D eigenvalue weighted by Crippen LogP contribution is 1.88. The first-order valence-electron chi connectivity index (χ1n) is 4.05. The second-order valence-corrected chi connectivity index (χ2v) is 2.49. The Morgan fingerprint density at radius 2 is 2.17 bits per heavy atom. The van der Waals surface area contributed by atoms with E-state index in [0.29, 0.717) is 0 Å². The Morgan fingerprint density at radius 1 is 1.42 bits per heavy atom. The molecule has 1 saturated heterocycles. The van der Waals surface area contributed by atoms with E-state index in [1.807, 2.05) is 6.92 Å². The summed E-state index contributed by atoms with van der Waals surface area (Å²) in [5.74, 6) is 0.856. The SMILES string of the molecule is C1COCCN1.Cc1ccno1. The molecule has 2 rings (SSSR count). The van der Waals surface area contributed by atoms with Crippen LogP contribution in [0.5, 0.6) is 0 Å². The zero-order valence-corrected chi connectivity index (χ0v) is 7.25. The fourth-order valence-electron chi connectivity index (χ4n) is 0.795. The van der Waals surface area contributed by atoms with Crippen molar-refractivity contribution >= 4 is 0 Å². The molecule has 0 unspecified atom stereocenters. The Labute approximate surface area is 71.9 Å². The van der Waals surface area contributed by atoms with Gasteiger partial charge in [-0.3, -0.25) is 0 Å². The van der Waals surface area contributed by atoms with Gasteiger partial charge in [-0.2, -0.15) is 0 Å². The third-order valence-electron chi connectivity index (χ3n) is 1.41. The summed E-state index contributed by atoms with van der Waals surface area (Å²) in [6.45, 7) is 5.69. The largest absolute Gasteiger partial charge is 0.379 e. The van der Waals surface area contributed by atoms with Gasteiger partial charge in [-0.15, -0.1) is 0 Å². The maximum absolute atomic E-state index is 5.01. The quantitative estimate of drug-likeness (QED) is 0.619. The Hall–Kier alpha value is -0.870. The van der Waals surface area contributed by atoms with Gasteiger partial charge in [0.2, 0.25) is 0 Å². The number of nitrogens with one attached hydrogen (secondary N) is 1. The first-order chi connectivity index (χ1) is 5.89. The van der Waals surface area contributed by atoms with Crippen LogP contribution < -0.4 is 5.32 Å². The molecule has 0 aliphatic carbocycles. The molecule has 4 heteroatoms. The van der Waals surface area contributed by atoms with Gasteiger partial charge in [-0.25, -0.2) is 0 Å². The van der Waals surface area contributed by atoms with E-state index in [1.165, 1.54) is 0 Å². The van der Waals surface area contributed by atoms with Crippen LogP contribution in [0.4, 0.5) is 0 Å². The van der Waals surface area contributed by atoms with Crippen LogP contribution in [0.15, 0.2) is 16.8 Å². The fourth-order valence-corrected chi connectivity index (χ4v) is 0.795. The molecule has 0 bridgehead atoms. The van der Waals surface area contributed by atoms with Gasteiger partial charge in [-0.05, 0) is 6.92 Å². The maximum atomic E-state index is 5.01. The standard InChI is InChI=1S/C4H5NO.C4H9NO/c1-4-2-3-5-6-4;1-3-6-4-2-5-1/h2-3H,1H3;5H,1-4H2. The zero-order chi connectivity index (χ0) is 8.65. The Morgan fingerprint density at radius 3 is 2.33 bits per heavy atom. The van der Waals surface area contributed by atoms with E-state index in [-0.39, 0.29) is 0 Å². The first kappa shape index (κ1) is 9.22. The monoisotopic (exact) mass is 170 g/mol. The van der Waals surface area contributed by atoms with Crippen LogP contribution in [0.2, 0.25) is 0 Å². The van der Waals surface area contributed by atoms with Crippen molar-refractivity contribution in [1.29, 1.82) is 0 Å². The maximum Gasteiger partial charge on any atom is 0.133 e. The van der Waals surface area contributed by atoms with Gasteiger partial charge in [0.25, 0.3) is 0 Å². The minimum atomic E-state index is 0.856. The molecule has 68 valence electrons. The van der Waals surface area contributed by atoms with E-state index in [0.717, 1.165) is 32.1 Å². The van der Waals surface area contributed by atoms with Crippen molar-refractivity contribution in [1.82, 2.24) is 10.5 Å². The molecular formula is C8H14N2O2. The minimum Gasteiger partial charge on any atom is -0.379 e. The second-order valence-electron chi connectivity index (χ2n) is 2.49. The van der Waals surface area contributed by atoms with Crippen LogP contribution in [0.1, 0.15) is 5.76 Å². The third kappa shape index (κ3) is 4.10. The number of aryl methyl sites for hydroxylation is 1. The average molecular weight is 170 g/mol. The molecule has 0 saturated carbocycles. The van der Waals surface area contributed by atoms with Crippen molar-refractivity contribution in [2.75, 3.05) is 26.3 Å². The lowest BCUT2D eigenvalue weighted by Gasteiger charge is -2.10. The second kappa shape index (κ2) is 5.74. The van der Waals surface area contributed by atoms with Gasteiger partial charge in [-0.1, -0.05) is 5.16 Å². The molecule has 1 fully saturated rings. The van der Waals surface area contributed by atoms with Gasteiger partial charge < -0.3 is 14.6 Å². The lowest BCUT2D eigenvalue weighted by molar-refractivity contribution is 0.109. The molecule has 0 spiro atoms. The molecule has 1 aromatic heterocycles. The normalized spacial score (nSPS) is 16.4. The summed E-state index contributed by atoms with van der Waals surface area (Å²) >= 11 is 0. The molecule has 1 aliphatic rings. The molecule has 1 N–H and O–H groups in total. The van der Waals surface area contributed by atoms with Crippen molar-refractivity contribution in [3.63, 3.8) is 0 Å². The van der Waals surface area contributed by atoms with Crippen LogP contribution in [0, 0.1) is 6.92 Å². The topological polar surface area (TPSA) is 47.3 Å². The van der Waals surface area contributed by atoms with Crippen LogP contribution in [-0.2, 0) is 4.74 Å². The summed E-state index contributed by atoms with van der Waals surface area (Å²) in [5, 5.41) is 6.61. The molecule has 0 amide bonds. The van der Waals surface area contributed by atoms with Crippen molar-refractivity contribution < 1.29 is 9.26 Å². The molecule has 0 radical (unpaired) electrons. The summed E-state index contributed by atoms with van der Waals surface area (Å²) < 4.78 is 9.59. The molecule has 1 aromatic rings. The number of hydrogen-bond acceptors (Lipinski definition) is 4. The summed E-state index contributed by atoms with van der Waals surface area (Å²) in [6, 6.07) is 1.81. The number of morpholine rings is 1. The minimum absolute atomic E-state index is 0.856. The van der Waals surface area contributed by atoms with E-state index in [9.17, 15) is 0 Å². The molecule has 0 aromatic carbocycles. The van der Waals surface area contributed by atoms with Crippen LogP contribution in [0.3, 0.4) is 0 Å². The fraction of sp³-hybridized carbons (Fsp3) is 0.625. The predicted octanol–water partition coefficient (Wildman–Crippen LogP) is 0.589. The Bertz CT molecular complexity index is 171. The molecule has 1 aliphatic heterocycles. The predicted molar refractivity (Wildman–Crippen MR) is 44.9 cm³/mol. The molecule has 12 heavy (non-hydrogen) atoms. The first-order valence-corrected chi connectivity index (χ1v) is 4.05. The van der Waals surface area contributed by atoms with Crippen LogP contribution in [0.25, 0.3) is 0 Å². The van der Waals surface area contributed by atoms with E-state index in [1.54, 1.807) is 12.3 Å². The number of ether oxygens (including phenoxy) is 1. The summed E-state index contributed by atoms with van der Waals surface area (Å²) in [7, 11) is 0. The van der Waals surface area contributed by atoms with E-state index >= 15 is 0 Å². The Balaban J connectivity index is 0.000000120. The molecule has 2 heterocycles. The molecule has 4 nitrogen and oxygen atoms in total. The Kier molecular flexibility index (Phi) is 4.41. The number of nitrogens with zero attached hydrogens (tertiary/aromatic N) is 1. The van der Waals surface area contributed by atoms with Gasteiger partial charge in [0.15, 0.2) is 0 Å². The number of hydrogen-bond donors (Lipinski definition) is 1. The lowest BCUT2D eigenvalue weighted by atomic mass is 10.5. The van der Waals surface area contributed by atoms with Crippen molar-refractivity contribution in [3.05, 3.63) is 18.0 Å². The van der Waals surface area contributed by atoms with Gasteiger partial charge in [0.1, 0.15) is 5.76 Å². The average Bonchev–Trinajstić information content (AvgIpc) is 2.60. The van der Waals surface area contributed by atoms with Crippen LogP contribution in [-0.4, -0.2) is 31.5 Å². The third-order valence-corrected chi connectivity index (χ3v) is 1.41. The number of rotatable bonds is 0. The van der Waals surface area contributed by atoms with E-state index in [4.69, 9.17) is 4.74 Å². The van der Waals surface area contributed by atoms with E-state index in [2.05, 4.69) is 15.0 Å². The highest BCUT2D eigenvalue weighted by molar-refractivity contribution is 4.87. The highest BCUT2D eigenvalue weighted by atomic mass is 16.5. The van der Waals surface area contributed by atoms with Gasteiger partial charge in [0, 0.05) is 19.2 Å². The summed E-state index contributed by atoms with van der Waals surface area (Å²) in [5.41, 5.74) is 0. The lowest BCUT2D eigenvalue weighted by Crippen LogP contribution is -2.30.